The van der Waals surface area contributed by atoms with Gasteiger partial charge in [0.05, 0.1) is 19.8 Å². The van der Waals surface area contributed by atoms with Gasteiger partial charge in [0, 0.05) is 25.6 Å². The number of carbonyl (C=O) groups is 1. The van der Waals surface area contributed by atoms with Crippen LogP contribution in [0.15, 0.2) is 28.7 Å². The maximum Gasteiger partial charge on any atom is 0.236 e. The molecule has 0 unspecified atom stereocenters. The number of hydrogen-bond acceptors (Lipinski definition) is 5. The molecule has 1 aromatic carbocycles. The van der Waals surface area contributed by atoms with E-state index in [4.69, 9.17) is 9.15 Å². The summed E-state index contributed by atoms with van der Waals surface area (Å²) in [7, 11) is 0. The van der Waals surface area contributed by atoms with Gasteiger partial charge in [-0.1, -0.05) is 12.1 Å². The molecule has 0 saturated carbocycles. The van der Waals surface area contributed by atoms with Crippen molar-refractivity contribution < 1.29 is 13.9 Å². The zero-order valence-electron chi connectivity index (χ0n) is 13.8. The molecule has 6 nitrogen and oxygen atoms in total. The molecule has 0 N–H and O–H groups in total. The van der Waals surface area contributed by atoms with E-state index in [0.29, 0.717) is 32.8 Å². The highest BCUT2D eigenvalue weighted by Gasteiger charge is 2.28. The number of nitrogens with zero attached hydrogens (tertiary/aromatic N) is 3. The number of aromatic nitrogens is 1. The molecule has 1 atom stereocenters. The number of para-hydroxylation sites is 2. The molecule has 128 valence electrons. The third-order valence-corrected chi connectivity index (χ3v) is 4.89. The standard InChI is InChI=1S/C18H23N3O3/c22-17(21-8-10-23-11-9-21)13-20-7-3-4-14(12-20)18-19-15-5-1-2-6-16(15)24-18/h1-2,5-6,14H,3-4,7-13H2/t14-/m1/s1. The highest BCUT2D eigenvalue weighted by Crippen LogP contribution is 2.28. The smallest absolute Gasteiger partial charge is 0.236 e. The second kappa shape index (κ2) is 6.91. The SMILES string of the molecule is O=C(CN1CCC[C@@H](c2nc3ccccc3o2)C1)N1CCOCC1. The molecule has 2 aromatic rings. The monoisotopic (exact) mass is 329 g/mol. The molecule has 0 spiro atoms. The van der Waals surface area contributed by atoms with Crippen molar-refractivity contribution in [2.45, 2.75) is 18.8 Å². The molecule has 3 heterocycles. The molecule has 2 saturated heterocycles. The van der Waals surface area contributed by atoms with E-state index in [1.54, 1.807) is 0 Å². The minimum absolute atomic E-state index is 0.205. The van der Waals surface area contributed by atoms with E-state index >= 15 is 0 Å². The number of likely N-dealkylation sites (tertiary alicyclic amines) is 1. The fourth-order valence-corrected chi connectivity index (χ4v) is 3.57. The number of morpholine rings is 1. The molecule has 2 fully saturated rings. The molecule has 1 aromatic heterocycles. The first-order chi connectivity index (χ1) is 11.8. The fourth-order valence-electron chi connectivity index (χ4n) is 3.57. The van der Waals surface area contributed by atoms with Gasteiger partial charge < -0.3 is 14.1 Å². The third-order valence-electron chi connectivity index (χ3n) is 4.89. The first kappa shape index (κ1) is 15.6. The summed E-state index contributed by atoms with van der Waals surface area (Å²) in [4.78, 5) is 21.2. The molecule has 6 heteroatoms. The van der Waals surface area contributed by atoms with Gasteiger partial charge >= 0.3 is 0 Å². The van der Waals surface area contributed by atoms with Crippen LogP contribution in [0.4, 0.5) is 0 Å². The van der Waals surface area contributed by atoms with Crippen LogP contribution in [0.3, 0.4) is 0 Å². The highest BCUT2D eigenvalue weighted by atomic mass is 16.5. The number of amides is 1. The van der Waals surface area contributed by atoms with E-state index < -0.39 is 0 Å². The zero-order valence-corrected chi connectivity index (χ0v) is 13.8. The highest BCUT2D eigenvalue weighted by molar-refractivity contribution is 5.78. The van der Waals surface area contributed by atoms with Crippen molar-refractivity contribution in [2.75, 3.05) is 45.9 Å². The van der Waals surface area contributed by atoms with Gasteiger partial charge in [-0.15, -0.1) is 0 Å². The predicted molar refractivity (Wildman–Crippen MR) is 89.8 cm³/mol. The van der Waals surface area contributed by atoms with Gasteiger partial charge in [-0.3, -0.25) is 9.69 Å². The lowest BCUT2D eigenvalue weighted by Gasteiger charge is -2.33. The van der Waals surface area contributed by atoms with Crippen LogP contribution >= 0.6 is 0 Å². The fraction of sp³-hybridized carbons (Fsp3) is 0.556. The van der Waals surface area contributed by atoms with Crippen LogP contribution in [0.2, 0.25) is 0 Å². The molecule has 4 rings (SSSR count). The number of ether oxygens (including phenoxy) is 1. The molecule has 0 aliphatic carbocycles. The van der Waals surface area contributed by atoms with Crippen LogP contribution in [0.1, 0.15) is 24.7 Å². The number of benzene rings is 1. The normalized spacial score (nSPS) is 22.8. The second-order valence-electron chi connectivity index (χ2n) is 6.59. The molecule has 24 heavy (non-hydrogen) atoms. The van der Waals surface area contributed by atoms with Crippen molar-refractivity contribution in [3.63, 3.8) is 0 Å². The van der Waals surface area contributed by atoms with Crippen molar-refractivity contribution in [1.29, 1.82) is 0 Å². The van der Waals surface area contributed by atoms with E-state index in [1.165, 1.54) is 0 Å². The molecule has 0 radical (unpaired) electrons. The maximum absolute atomic E-state index is 12.4. The molecule has 0 bridgehead atoms. The number of hydrogen-bond donors (Lipinski definition) is 0. The van der Waals surface area contributed by atoms with Crippen molar-refractivity contribution in [3.8, 4) is 0 Å². The molecule has 2 aliphatic rings. The maximum atomic E-state index is 12.4. The van der Waals surface area contributed by atoms with Gasteiger partial charge in [-0.25, -0.2) is 4.98 Å². The van der Waals surface area contributed by atoms with Crippen molar-refractivity contribution in [3.05, 3.63) is 30.2 Å². The summed E-state index contributed by atoms with van der Waals surface area (Å²) in [5.41, 5.74) is 1.75. The lowest BCUT2D eigenvalue weighted by Crippen LogP contribution is -2.47. The van der Waals surface area contributed by atoms with Gasteiger partial charge in [0.2, 0.25) is 5.91 Å². The number of fused-ring (bicyclic) bond motifs is 1. The summed E-state index contributed by atoms with van der Waals surface area (Å²) in [6.07, 6.45) is 2.13. The summed E-state index contributed by atoms with van der Waals surface area (Å²) in [5, 5.41) is 0. The van der Waals surface area contributed by atoms with Gasteiger partial charge in [0.25, 0.3) is 0 Å². The quantitative estimate of drug-likeness (QED) is 0.860. The lowest BCUT2D eigenvalue weighted by atomic mass is 9.98. The third kappa shape index (κ3) is 3.30. The topological polar surface area (TPSA) is 58.8 Å². The van der Waals surface area contributed by atoms with Gasteiger partial charge in [0.1, 0.15) is 5.52 Å². The number of piperidine rings is 1. The average molecular weight is 329 g/mol. The Kier molecular flexibility index (Phi) is 4.49. The number of carbonyl (C=O) groups excluding carboxylic acids is 1. The molecule has 1 amide bonds. The average Bonchev–Trinajstić information content (AvgIpc) is 3.07. The van der Waals surface area contributed by atoms with E-state index in [0.717, 1.165) is 42.9 Å². The summed E-state index contributed by atoms with van der Waals surface area (Å²) in [5.74, 6) is 1.28. The Bertz CT molecular complexity index is 675. The molecular formula is C18H23N3O3. The summed E-state index contributed by atoms with van der Waals surface area (Å²) >= 11 is 0. The van der Waals surface area contributed by atoms with Crippen molar-refractivity contribution >= 4 is 17.0 Å². The summed E-state index contributed by atoms with van der Waals surface area (Å²) < 4.78 is 11.2. The van der Waals surface area contributed by atoms with Crippen LogP contribution in [0.5, 0.6) is 0 Å². The minimum Gasteiger partial charge on any atom is -0.440 e. The van der Waals surface area contributed by atoms with E-state index in [-0.39, 0.29) is 11.8 Å². The van der Waals surface area contributed by atoms with E-state index in [2.05, 4.69) is 9.88 Å². The largest absolute Gasteiger partial charge is 0.440 e. The molecular weight excluding hydrogens is 306 g/mol. The van der Waals surface area contributed by atoms with Crippen LogP contribution in [0.25, 0.3) is 11.1 Å². The van der Waals surface area contributed by atoms with Gasteiger partial charge in [0.15, 0.2) is 11.5 Å². The van der Waals surface area contributed by atoms with Crippen LogP contribution in [-0.4, -0.2) is 66.6 Å². The Labute approximate surface area is 141 Å². The Morgan fingerprint density at radius 3 is 2.88 bits per heavy atom. The van der Waals surface area contributed by atoms with Gasteiger partial charge in [-0.2, -0.15) is 0 Å². The van der Waals surface area contributed by atoms with Crippen LogP contribution < -0.4 is 0 Å². The van der Waals surface area contributed by atoms with Crippen molar-refractivity contribution in [2.24, 2.45) is 0 Å². The number of rotatable bonds is 3. The first-order valence-corrected chi connectivity index (χ1v) is 8.73. The van der Waals surface area contributed by atoms with Gasteiger partial charge in [-0.05, 0) is 31.5 Å². The minimum atomic E-state index is 0.205. The van der Waals surface area contributed by atoms with Crippen LogP contribution in [-0.2, 0) is 9.53 Å². The molecule has 2 aliphatic heterocycles. The van der Waals surface area contributed by atoms with E-state index in [9.17, 15) is 4.79 Å². The Morgan fingerprint density at radius 1 is 1.21 bits per heavy atom. The lowest BCUT2D eigenvalue weighted by molar-refractivity contribution is -0.136. The first-order valence-electron chi connectivity index (χ1n) is 8.73. The summed E-state index contributed by atoms with van der Waals surface area (Å²) in [6.45, 7) is 5.00. The zero-order chi connectivity index (χ0) is 16.4. The Morgan fingerprint density at radius 2 is 2.04 bits per heavy atom. The second-order valence-corrected chi connectivity index (χ2v) is 6.59. The Hall–Kier alpha value is -1.92. The number of oxazole rings is 1. The Balaban J connectivity index is 1.40. The predicted octanol–water partition coefficient (Wildman–Crippen LogP) is 1.87. The van der Waals surface area contributed by atoms with E-state index in [1.807, 2.05) is 29.2 Å². The summed E-state index contributed by atoms with van der Waals surface area (Å²) in [6, 6.07) is 7.87. The van der Waals surface area contributed by atoms with Crippen molar-refractivity contribution in [1.82, 2.24) is 14.8 Å². The van der Waals surface area contributed by atoms with Crippen LogP contribution in [0, 0.1) is 0 Å².